The molecule has 0 fully saturated rings. The second-order valence-corrected chi connectivity index (χ2v) is 9.20. The van der Waals surface area contributed by atoms with Gasteiger partial charge in [0.2, 0.25) is 5.91 Å². The van der Waals surface area contributed by atoms with E-state index < -0.39 is 17.4 Å². The molecule has 4 rings (SSSR count). The van der Waals surface area contributed by atoms with Gasteiger partial charge >= 0.3 is 5.97 Å². The number of carbonyl (C=O) groups excluding carboxylic acids is 3. The number of ether oxygens (including phenoxy) is 1. The summed E-state index contributed by atoms with van der Waals surface area (Å²) in [5.74, 6) is -1.13. The van der Waals surface area contributed by atoms with Crippen LogP contribution in [0.25, 0.3) is 11.3 Å². The van der Waals surface area contributed by atoms with E-state index in [-0.39, 0.29) is 19.1 Å². The van der Waals surface area contributed by atoms with E-state index in [0.717, 1.165) is 16.8 Å². The number of hydrogen-bond acceptors (Lipinski definition) is 6. The molecule has 1 aliphatic heterocycles. The van der Waals surface area contributed by atoms with Gasteiger partial charge < -0.3 is 21.1 Å². The maximum atomic E-state index is 13.2. The number of fused-ring (bicyclic) bond motifs is 1. The van der Waals surface area contributed by atoms with E-state index in [1.54, 1.807) is 25.1 Å². The molecule has 0 radical (unpaired) electrons. The Morgan fingerprint density at radius 1 is 0.973 bits per heavy atom. The standard InChI is InChI=1S/C29H30N4O4/c1-4-37-28(36)19-10-15-22-23(16-19)33-27(35)25(22)26(18-8-6-5-7-9-18)32-21-13-11-20(12-14-21)29(2,3)31-17-24(30)34/h5-16,31-32H,4,17H2,1-3H3,(H2,30,34)(H,33,35)/b26-25+. The van der Waals surface area contributed by atoms with Gasteiger partial charge in [-0.3, -0.25) is 14.9 Å². The van der Waals surface area contributed by atoms with Crippen molar-refractivity contribution in [3.63, 3.8) is 0 Å². The Labute approximate surface area is 215 Å². The fourth-order valence-corrected chi connectivity index (χ4v) is 4.17. The highest BCUT2D eigenvalue weighted by atomic mass is 16.5. The minimum absolute atomic E-state index is 0.0731. The number of amides is 2. The Balaban J connectivity index is 1.71. The van der Waals surface area contributed by atoms with Crippen molar-refractivity contribution in [3.8, 4) is 0 Å². The average Bonchev–Trinajstić information content (AvgIpc) is 3.21. The van der Waals surface area contributed by atoms with Crippen molar-refractivity contribution in [2.24, 2.45) is 5.73 Å². The minimum atomic E-state index is -0.463. The van der Waals surface area contributed by atoms with Crippen LogP contribution < -0.4 is 21.7 Å². The van der Waals surface area contributed by atoms with Crippen LogP contribution in [0.15, 0.2) is 72.8 Å². The van der Waals surface area contributed by atoms with Crippen LogP contribution in [-0.2, 0) is 19.9 Å². The molecule has 190 valence electrons. The molecule has 0 bridgehead atoms. The SMILES string of the molecule is CCOC(=O)c1ccc2c(c1)NC(=O)/C2=C(/Nc1ccc(C(C)(C)NCC(N)=O)cc1)c1ccccc1. The van der Waals surface area contributed by atoms with Gasteiger partial charge in [0.15, 0.2) is 0 Å². The van der Waals surface area contributed by atoms with Crippen LogP contribution in [0, 0.1) is 0 Å². The van der Waals surface area contributed by atoms with Gasteiger partial charge in [-0.1, -0.05) is 48.5 Å². The number of benzene rings is 3. The second kappa shape index (κ2) is 10.7. The van der Waals surface area contributed by atoms with Crippen LogP contribution in [0.5, 0.6) is 0 Å². The zero-order valence-corrected chi connectivity index (χ0v) is 21.1. The summed E-state index contributed by atoms with van der Waals surface area (Å²) in [6.45, 7) is 6.04. The summed E-state index contributed by atoms with van der Waals surface area (Å²) in [5.41, 5.74) is 10.1. The number of nitrogens with one attached hydrogen (secondary N) is 3. The van der Waals surface area contributed by atoms with Crippen LogP contribution >= 0.6 is 0 Å². The lowest BCUT2D eigenvalue weighted by molar-refractivity contribution is -0.117. The molecule has 0 saturated heterocycles. The lowest BCUT2D eigenvalue weighted by Crippen LogP contribution is -2.41. The number of nitrogens with two attached hydrogens (primary N) is 1. The molecule has 0 unspecified atom stereocenters. The van der Waals surface area contributed by atoms with Crippen molar-refractivity contribution in [1.82, 2.24) is 5.32 Å². The van der Waals surface area contributed by atoms with Crippen molar-refractivity contribution in [1.29, 1.82) is 0 Å². The van der Waals surface area contributed by atoms with E-state index in [1.807, 2.05) is 68.4 Å². The van der Waals surface area contributed by atoms with Crippen molar-refractivity contribution >= 4 is 40.4 Å². The molecule has 8 nitrogen and oxygen atoms in total. The van der Waals surface area contributed by atoms with E-state index in [2.05, 4.69) is 16.0 Å². The van der Waals surface area contributed by atoms with Gasteiger partial charge in [0.1, 0.15) is 0 Å². The van der Waals surface area contributed by atoms with Crippen LogP contribution in [0.4, 0.5) is 11.4 Å². The van der Waals surface area contributed by atoms with Crippen molar-refractivity contribution < 1.29 is 19.1 Å². The predicted octanol–water partition coefficient (Wildman–Crippen LogP) is 4.11. The molecule has 1 aliphatic rings. The largest absolute Gasteiger partial charge is 0.462 e. The third-order valence-electron chi connectivity index (χ3n) is 6.17. The quantitative estimate of drug-likeness (QED) is 0.260. The first-order chi connectivity index (χ1) is 17.7. The maximum absolute atomic E-state index is 13.2. The summed E-state index contributed by atoms with van der Waals surface area (Å²) in [4.78, 5) is 36.6. The number of rotatable bonds is 9. The summed E-state index contributed by atoms with van der Waals surface area (Å²) in [6.07, 6.45) is 0. The molecule has 0 saturated carbocycles. The highest BCUT2D eigenvalue weighted by Crippen LogP contribution is 2.38. The Morgan fingerprint density at radius 2 is 1.68 bits per heavy atom. The number of primary amides is 1. The Hall–Kier alpha value is -4.43. The molecule has 1 heterocycles. The molecule has 37 heavy (non-hydrogen) atoms. The van der Waals surface area contributed by atoms with Gasteiger partial charge in [0, 0.05) is 16.8 Å². The van der Waals surface area contributed by atoms with Crippen LogP contribution in [0.2, 0.25) is 0 Å². The summed E-state index contributed by atoms with van der Waals surface area (Å²) in [7, 11) is 0. The van der Waals surface area contributed by atoms with Crippen LogP contribution in [0.3, 0.4) is 0 Å². The van der Waals surface area contributed by atoms with E-state index in [0.29, 0.717) is 28.1 Å². The van der Waals surface area contributed by atoms with Gasteiger partial charge in [0.05, 0.1) is 35.7 Å². The highest BCUT2D eigenvalue weighted by Gasteiger charge is 2.29. The van der Waals surface area contributed by atoms with Gasteiger partial charge in [-0.25, -0.2) is 4.79 Å². The van der Waals surface area contributed by atoms with E-state index in [9.17, 15) is 14.4 Å². The molecular weight excluding hydrogens is 468 g/mol. The minimum Gasteiger partial charge on any atom is -0.462 e. The molecule has 3 aromatic carbocycles. The predicted molar refractivity (Wildman–Crippen MR) is 145 cm³/mol. The summed E-state index contributed by atoms with van der Waals surface area (Å²) >= 11 is 0. The van der Waals surface area contributed by atoms with Crippen LogP contribution in [-0.4, -0.2) is 30.9 Å². The molecule has 0 spiro atoms. The Bertz CT molecular complexity index is 1360. The Kier molecular flexibility index (Phi) is 7.40. The lowest BCUT2D eigenvalue weighted by atomic mass is 9.94. The topological polar surface area (TPSA) is 123 Å². The fourth-order valence-electron chi connectivity index (χ4n) is 4.17. The zero-order chi connectivity index (χ0) is 26.6. The van der Waals surface area contributed by atoms with Gasteiger partial charge in [-0.2, -0.15) is 0 Å². The second-order valence-electron chi connectivity index (χ2n) is 9.20. The number of anilines is 2. The lowest BCUT2D eigenvalue weighted by Gasteiger charge is -2.26. The molecule has 5 N–H and O–H groups in total. The molecule has 2 amide bonds. The summed E-state index contributed by atoms with van der Waals surface area (Å²) in [6, 6.07) is 22.4. The van der Waals surface area contributed by atoms with E-state index in [1.165, 1.54) is 0 Å². The number of carbonyl (C=O) groups is 3. The first-order valence-corrected chi connectivity index (χ1v) is 12.0. The molecule has 8 heteroatoms. The summed E-state index contributed by atoms with van der Waals surface area (Å²) in [5, 5.41) is 9.46. The smallest absolute Gasteiger partial charge is 0.338 e. The maximum Gasteiger partial charge on any atom is 0.338 e. The highest BCUT2D eigenvalue weighted by molar-refractivity contribution is 6.37. The fraction of sp³-hybridized carbons (Fsp3) is 0.207. The third-order valence-corrected chi connectivity index (χ3v) is 6.17. The van der Waals surface area contributed by atoms with Crippen molar-refractivity contribution in [2.45, 2.75) is 26.3 Å². The van der Waals surface area contributed by atoms with Gasteiger partial charge in [-0.15, -0.1) is 0 Å². The first-order valence-electron chi connectivity index (χ1n) is 12.0. The molecule has 3 aromatic rings. The summed E-state index contributed by atoms with van der Waals surface area (Å²) < 4.78 is 5.09. The molecule has 0 aliphatic carbocycles. The van der Waals surface area contributed by atoms with Crippen molar-refractivity contribution in [3.05, 3.63) is 95.1 Å². The van der Waals surface area contributed by atoms with Crippen LogP contribution in [0.1, 0.15) is 47.8 Å². The van der Waals surface area contributed by atoms with Gasteiger partial charge in [0.25, 0.3) is 5.91 Å². The van der Waals surface area contributed by atoms with E-state index in [4.69, 9.17) is 10.5 Å². The number of esters is 1. The zero-order valence-electron chi connectivity index (χ0n) is 21.1. The Morgan fingerprint density at radius 3 is 2.32 bits per heavy atom. The molecular formula is C29H30N4O4. The molecule has 0 atom stereocenters. The first kappa shape index (κ1) is 25.7. The third kappa shape index (κ3) is 5.70. The van der Waals surface area contributed by atoms with Crippen molar-refractivity contribution in [2.75, 3.05) is 23.8 Å². The molecule has 0 aromatic heterocycles. The average molecular weight is 499 g/mol. The monoisotopic (exact) mass is 498 g/mol. The van der Waals surface area contributed by atoms with Gasteiger partial charge in [-0.05, 0) is 56.2 Å². The normalized spacial score (nSPS) is 14.0. The number of hydrogen-bond donors (Lipinski definition) is 4. The van der Waals surface area contributed by atoms with E-state index >= 15 is 0 Å².